The first-order valence-corrected chi connectivity index (χ1v) is 26.9. The van der Waals surface area contributed by atoms with Gasteiger partial charge < -0.3 is 36.1 Å². The van der Waals surface area contributed by atoms with Crippen molar-refractivity contribution in [2.45, 2.75) is 87.3 Å². The lowest BCUT2D eigenvalue weighted by atomic mass is 9.84. The first-order chi connectivity index (χ1) is 35.9. The van der Waals surface area contributed by atoms with E-state index in [1.807, 2.05) is 158 Å². The number of amides is 5. The zero-order chi connectivity index (χ0) is 53.9. The van der Waals surface area contributed by atoms with Gasteiger partial charge in [-0.3, -0.25) is 24.0 Å². The van der Waals surface area contributed by atoms with Gasteiger partial charge in [0.1, 0.15) is 35.9 Å². The molecule has 6 rings (SSSR count). The normalized spacial score (nSPS) is 12.8. The van der Waals surface area contributed by atoms with Crippen LogP contribution in [0, 0.1) is 0 Å². The van der Waals surface area contributed by atoms with Crippen molar-refractivity contribution in [2.24, 2.45) is 0 Å². The Balaban J connectivity index is 1.30. The fraction of sp³-hybridized carbons (Fsp3) is 0.300. The molecule has 0 bridgehead atoms. The van der Waals surface area contributed by atoms with Crippen LogP contribution in [0.3, 0.4) is 0 Å². The van der Waals surface area contributed by atoms with Gasteiger partial charge in [-0.05, 0) is 74.9 Å². The Kier molecular flexibility index (Phi) is 20.7. The third-order valence-electron chi connectivity index (χ3n) is 11.5. The average Bonchev–Trinajstić information content (AvgIpc) is 3.40. The summed E-state index contributed by atoms with van der Waals surface area (Å²) in [7, 11) is 0. The molecular formula is C60H67N5O8S2. The van der Waals surface area contributed by atoms with Gasteiger partial charge in [-0.2, -0.15) is 0 Å². The largest absolute Gasteiger partial charge is 0.459 e. The first kappa shape index (κ1) is 56.9. The SMILES string of the molecule is CC(C)(C)OC(=O)CNC(=O)C(Cc1ccccc1)NC(=O)CNC(=O)C(CSC(c1ccccc1)c1ccccc1)NC(=O)C(CSC(c1ccccc1)(c1ccccc1)c1ccccc1)NC(=O)OC(C)(C)C. The maximum Gasteiger partial charge on any atom is 0.408 e. The van der Waals surface area contributed by atoms with E-state index < -0.39 is 82.9 Å². The standard InChI is InChI=1S/C60H67N5O8S2/c1-58(2,3)72-52(67)39-62-54(68)48(37-42-25-13-7-14-26-42)63-51(66)38-61-55(69)49(40-74-53(43-27-15-8-16-28-43)44-29-17-9-18-30-44)64-56(70)50(65-57(71)73-59(4,5)6)41-75-60(45-31-19-10-20-32-45,46-33-21-11-22-34-46)47-35-23-12-24-36-47/h7-36,48-50,53H,37-41H2,1-6H3,(H,61,69)(H,62,68)(H,63,66)(H,64,70)(H,65,71). The third-order valence-corrected chi connectivity index (χ3v) is 14.5. The van der Waals surface area contributed by atoms with Crippen LogP contribution in [0.2, 0.25) is 0 Å². The molecule has 0 heterocycles. The van der Waals surface area contributed by atoms with Crippen molar-refractivity contribution >= 4 is 59.2 Å². The van der Waals surface area contributed by atoms with Crippen molar-refractivity contribution in [3.8, 4) is 0 Å². The first-order valence-electron chi connectivity index (χ1n) is 24.8. The summed E-state index contributed by atoms with van der Waals surface area (Å²) in [6.45, 7) is 9.34. The summed E-state index contributed by atoms with van der Waals surface area (Å²) in [4.78, 5) is 83.2. The van der Waals surface area contributed by atoms with E-state index in [4.69, 9.17) is 9.47 Å². The number of benzene rings is 6. The number of thioether (sulfide) groups is 2. The van der Waals surface area contributed by atoms with Gasteiger partial charge >= 0.3 is 12.1 Å². The highest BCUT2D eigenvalue weighted by molar-refractivity contribution is 8.00. The second kappa shape index (κ2) is 27.3. The molecule has 13 nitrogen and oxygen atoms in total. The van der Waals surface area contributed by atoms with Crippen molar-refractivity contribution < 1.29 is 38.2 Å². The topological polar surface area (TPSA) is 181 Å². The third kappa shape index (κ3) is 17.6. The molecule has 5 amide bonds. The minimum Gasteiger partial charge on any atom is -0.459 e. The number of carbonyl (C=O) groups excluding carboxylic acids is 6. The summed E-state index contributed by atoms with van der Waals surface area (Å²) in [5.41, 5.74) is 3.82. The number of hydrogen-bond donors (Lipinski definition) is 5. The number of esters is 1. The highest BCUT2D eigenvalue weighted by Crippen LogP contribution is 2.48. The lowest BCUT2D eigenvalue weighted by Gasteiger charge is -2.36. The number of nitrogens with one attached hydrogen (secondary N) is 5. The van der Waals surface area contributed by atoms with E-state index in [1.54, 1.807) is 65.8 Å². The zero-order valence-corrected chi connectivity index (χ0v) is 44.9. The fourth-order valence-corrected chi connectivity index (χ4v) is 11.0. The fourth-order valence-electron chi connectivity index (χ4n) is 8.15. The van der Waals surface area contributed by atoms with Crippen molar-refractivity contribution in [1.82, 2.24) is 26.6 Å². The van der Waals surface area contributed by atoms with E-state index in [-0.39, 0.29) is 23.2 Å². The Morgan fingerprint density at radius 3 is 1.33 bits per heavy atom. The van der Waals surface area contributed by atoms with E-state index >= 15 is 4.79 Å². The molecule has 0 saturated carbocycles. The summed E-state index contributed by atoms with van der Waals surface area (Å²) in [5.74, 6) is -3.27. The van der Waals surface area contributed by atoms with Gasteiger partial charge in [0.05, 0.1) is 16.5 Å². The van der Waals surface area contributed by atoms with Crippen molar-refractivity contribution in [1.29, 1.82) is 0 Å². The molecule has 3 unspecified atom stereocenters. The van der Waals surface area contributed by atoms with Gasteiger partial charge in [0.25, 0.3) is 0 Å². The molecule has 392 valence electrons. The van der Waals surface area contributed by atoms with Crippen LogP contribution in [0.5, 0.6) is 0 Å². The number of alkyl carbamates (subject to hydrolysis) is 1. The Morgan fingerprint density at radius 2 is 0.867 bits per heavy atom. The van der Waals surface area contributed by atoms with Gasteiger partial charge in [0.2, 0.25) is 23.6 Å². The quantitative estimate of drug-likeness (QED) is 0.0307. The van der Waals surface area contributed by atoms with E-state index in [0.717, 1.165) is 33.4 Å². The lowest BCUT2D eigenvalue weighted by Crippen LogP contribution is -2.57. The summed E-state index contributed by atoms with van der Waals surface area (Å²) >= 11 is 2.88. The van der Waals surface area contributed by atoms with Gasteiger partial charge in [-0.15, -0.1) is 23.5 Å². The van der Waals surface area contributed by atoms with Crippen molar-refractivity contribution in [3.05, 3.63) is 215 Å². The molecule has 6 aromatic carbocycles. The second-order valence-electron chi connectivity index (χ2n) is 19.7. The minimum atomic E-state index is -1.25. The van der Waals surface area contributed by atoms with Crippen LogP contribution in [0.4, 0.5) is 4.79 Å². The number of carbonyl (C=O) groups is 6. The van der Waals surface area contributed by atoms with Crippen LogP contribution in [-0.4, -0.2) is 89.6 Å². The molecule has 6 aromatic rings. The van der Waals surface area contributed by atoms with Crippen molar-refractivity contribution in [3.63, 3.8) is 0 Å². The van der Waals surface area contributed by atoms with Gasteiger partial charge in [0.15, 0.2) is 0 Å². The maximum absolute atomic E-state index is 15.0. The van der Waals surface area contributed by atoms with Crippen LogP contribution in [0.1, 0.15) is 80.2 Å². The van der Waals surface area contributed by atoms with E-state index in [9.17, 15) is 24.0 Å². The predicted octanol–water partition coefficient (Wildman–Crippen LogP) is 8.91. The summed E-state index contributed by atoms with van der Waals surface area (Å²) in [6.07, 6.45) is -0.742. The maximum atomic E-state index is 15.0. The number of hydrogen-bond acceptors (Lipinski definition) is 10. The van der Waals surface area contributed by atoms with E-state index in [1.165, 1.54) is 23.5 Å². The Bertz CT molecular complexity index is 2640. The number of ether oxygens (including phenoxy) is 2. The Hall–Kier alpha value is -7.36. The van der Waals surface area contributed by atoms with Crippen LogP contribution in [-0.2, 0) is 44.6 Å². The molecule has 5 N–H and O–H groups in total. The summed E-state index contributed by atoms with van der Waals surface area (Å²) in [6, 6.07) is 54.8. The highest BCUT2D eigenvalue weighted by Gasteiger charge is 2.40. The van der Waals surface area contributed by atoms with Crippen LogP contribution < -0.4 is 26.6 Å². The molecule has 0 fully saturated rings. The second-order valence-corrected chi connectivity index (χ2v) is 22.1. The van der Waals surface area contributed by atoms with Crippen LogP contribution in [0.15, 0.2) is 182 Å². The number of rotatable bonds is 23. The predicted molar refractivity (Wildman–Crippen MR) is 298 cm³/mol. The van der Waals surface area contributed by atoms with Gasteiger partial charge in [0, 0.05) is 17.9 Å². The van der Waals surface area contributed by atoms with Gasteiger partial charge in [-0.25, -0.2) is 4.79 Å². The molecule has 0 aromatic heterocycles. The molecule has 0 spiro atoms. The molecule has 75 heavy (non-hydrogen) atoms. The van der Waals surface area contributed by atoms with Crippen molar-refractivity contribution in [2.75, 3.05) is 24.6 Å². The summed E-state index contributed by atoms with van der Waals surface area (Å²) < 4.78 is 10.2. The zero-order valence-electron chi connectivity index (χ0n) is 43.2. The molecular weight excluding hydrogens is 983 g/mol. The van der Waals surface area contributed by atoms with E-state index in [0.29, 0.717) is 0 Å². The summed E-state index contributed by atoms with van der Waals surface area (Å²) in [5, 5.41) is 13.5. The van der Waals surface area contributed by atoms with E-state index in [2.05, 4.69) is 26.6 Å². The molecule has 3 atom stereocenters. The molecule has 0 aliphatic heterocycles. The average molecular weight is 1050 g/mol. The monoisotopic (exact) mass is 1050 g/mol. The molecule has 0 radical (unpaired) electrons. The molecule has 0 aliphatic rings. The highest BCUT2D eigenvalue weighted by atomic mass is 32.2. The Labute approximate surface area is 449 Å². The molecule has 15 heteroatoms. The minimum absolute atomic E-state index is 0.0170. The van der Waals surface area contributed by atoms with Gasteiger partial charge in [-0.1, -0.05) is 182 Å². The smallest absolute Gasteiger partial charge is 0.408 e. The Morgan fingerprint density at radius 1 is 0.453 bits per heavy atom. The molecule has 0 saturated heterocycles. The lowest BCUT2D eigenvalue weighted by molar-refractivity contribution is -0.154. The molecule has 0 aliphatic carbocycles. The van der Waals surface area contributed by atoms with Crippen LogP contribution in [0.25, 0.3) is 0 Å². The van der Waals surface area contributed by atoms with Crippen LogP contribution >= 0.6 is 23.5 Å².